The summed E-state index contributed by atoms with van der Waals surface area (Å²) in [5.74, 6) is 0.170. The van der Waals surface area contributed by atoms with Gasteiger partial charge >= 0.3 is 6.18 Å². The van der Waals surface area contributed by atoms with Crippen LogP contribution in [0.1, 0.15) is 38.3 Å². The third-order valence-corrected chi connectivity index (χ3v) is 9.34. The van der Waals surface area contributed by atoms with E-state index in [1.54, 1.807) is 0 Å². The van der Waals surface area contributed by atoms with Crippen LogP contribution in [0.25, 0.3) is 16.9 Å². The Morgan fingerprint density at radius 3 is 2.33 bits per heavy atom. The number of hydrogen-bond acceptors (Lipinski definition) is 8. The Bertz CT molecular complexity index is 1750. The zero-order valence-electron chi connectivity index (χ0n) is 25.4. The van der Waals surface area contributed by atoms with Gasteiger partial charge in [0.15, 0.2) is 17.1 Å². The highest BCUT2D eigenvalue weighted by Gasteiger charge is 2.52. The van der Waals surface area contributed by atoms with E-state index in [-0.39, 0.29) is 29.3 Å². The molecular formula is C32H37F3N8O2. The first-order valence-corrected chi connectivity index (χ1v) is 15.1. The highest BCUT2D eigenvalue weighted by atomic mass is 19.4. The van der Waals surface area contributed by atoms with Gasteiger partial charge in [0.05, 0.1) is 12.2 Å². The van der Waals surface area contributed by atoms with Gasteiger partial charge in [-0.3, -0.25) is 4.79 Å². The number of anilines is 3. The molecule has 0 aliphatic carbocycles. The third-order valence-electron chi connectivity index (χ3n) is 9.34. The quantitative estimate of drug-likeness (QED) is 0.278. The zero-order valence-corrected chi connectivity index (χ0v) is 25.4. The lowest BCUT2D eigenvalue weighted by atomic mass is 9.71. The van der Waals surface area contributed by atoms with Crippen LogP contribution in [0.3, 0.4) is 0 Å². The number of likely N-dealkylation sites (tertiary alicyclic amines) is 1. The second-order valence-electron chi connectivity index (χ2n) is 12.3. The molecule has 0 radical (unpaired) electrons. The normalized spacial score (nSPS) is 18.7. The Hall–Kier alpha value is -4.23. The van der Waals surface area contributed by atoms with Gasteiger partial charge in [-0.1, -0.05) is 12.1 Å². The van der Waals surface area contributed by atoms with Crippen molar-refractivity contribution in [3.05, 3.63) is 77.4 Å². The van der Waals surface area contributed by atoms with Gasteiger partial charge in [-0.25, -0.2) is 19.3 Å². The summed E-state index contributed by atoms with van der Waals surface area (Å²) in [4.78, 5) is 31.1. The first-order valence-electron chi connectivity index (χ1n) is 15.1. The molecule has 2 aliphatic heterocycles. The van der Waals surface area contributed by atoms with Gasteiger partial charge in [-0.2, -0.15) is 18.2 Å². The van der Waals surface area contributed by atoms with Crippen molar-refractivity contribution >= 4 is 28.4 Å². The molecule has 1 unspecified atom stereocenters. The number of nitrogens with zero attached hydrogens (tertiary/aromatic N) is 7. The molecule has 1 spiro atoms. The molecule has 4 aromatic rings. The fraction of sp³-hybridized carbons (Fsp3) is 0.438. The molecule has 13 heteroatoms. The van der Waals surface area contributed by atoms with Crippen LogP contribution in [-0.2, 0) is 12.1 Å². The maximum absolute atomic E-state index is 13.6. The summed E-state index contributed by atoms with van der Waals surface area (Å²) in [7, 11) is 2.20. The van der Waals surface area contributed by atoms with Gasteiger partial charge in [-0.05, 0) is 94.6 Å². The Labute approximate surface area is 258 Å². The maximum atomic E-state index is 13.6. The van der Waals surface area contributed by atoms with Crippen molar-refractivity contribution in [1.29, 1.82) is 0 Å². The fourth-order valence-electron chi connectivity index (χ4n) is 6.28. The van der Waals surface area contributed by atoms with Gasteiger partial charge in [0.25, 0.3) is 5.56 Å². The van der Waals surface area contributed by atoms with E-state index in [1.165, 1.54) is 72.5 Å². The largest absolute Gasteiger partial charge is 0.422 e. The minimum absolute atomic E-state index is 0.0245. The van der Waals surface area contributed by atoms with Gasteiger partial charge in [0.2, 0.25) is 5.95 Å². The smallest absolute Gasteiger partial charge is 0.375 e. The van der Waals surface area contributed by atoms with E-state index in [2.05, 4.69) is 55.8 Å². The van der Waals surface area contributed by atoms with Crippen molar-refractivity contribution in [2.75, 3.05) is 43.4 Å². The van der Waals surface area contributed by atoms with Gasteiger partial charge in [-0.15, -0.1) is 6.58 Å². The van der Waals surface area contributed by atoms with Crippen LogP contribution in [0.2, 0.25) is 0 Å². The van der Waals surface area contributed by atoms with Crippen molar-refractivity contribution in [3.8, 4) is 5.82 Å². The SMILES string of the molecule is C=CCn1c(=O)c2cnc(Nc3ccc(N4CCC5(CCN(C)CC5)CC4)cc3)nc2n1-c1cccc(C(C)(O)C(F)(F)F)n1. The van der Waals surface area contributed by atoms with Crippen LogP contribution in [0, 0.1) is 5.41 Å². The van der Waals surface area contributed by atoms with Crippen molar-refractivity contribution in [1.82, 2.24) is 29.2 Å². The average Bonchev–Trinajstić information content (AvgIpc) is 3.29. The molecule has 0 amide bonds. The first-order chi connectivity index (χ1) is 21.4. The number of piperidine rings is 2. The lowest BCUT2D eigenvalue weighted by molar-refractivity contribution is -0.260. The number of aliphatic hydroxyl groups is 1. The number of rotatable bonds is 7. The van der Waals surface area contributed by atoms with Crippen molar-refractivity contribution in [2.45, 2.75) is 50.9 Å². The molecule has 0 bridgehead atoms. The van der Waals surface area contributed by atoms with E-state index in [0.29, 0.717) is 12.3 Å². The number of halogens is 3. The van der Waals surface area contributed by atoms with Gasteiger partial charge < -0.3 is 20.2 Å². The molecule has 2 fully saturated rings. The Kier molecular flexibility index (Phi) is 7.94. The number of pyridine rings is 1. The second kappa shape index (κ2) is 11.6. The standard InChI is InChI=1S/C32H37F3N8O2/c1-4-16-42-28(44)24-21-36-29(39-27(24)43(42)26-7-5-6-25(38-26)30(2,45)32(33,34)35)37-22-8-10-23(11-9-22)41-19-14-31(15-20-41)12-17-40(3)18-13-31/h4-11,21,45H,1,12-20H2,2-3H3,(H,36,37,39). The molecule has 5 heterocycles. The van der Waals surface area contributed by atoms with Gasteiger partial charge in [0.1, 0.15) is 5.39 Å². The molecule has 2 saturated heterocycles. The lowest BCUT2D eigenvalue weighted by Crippen LogP contribution is -2.46. The molecular weight excluding hydrogens is 585 g/mol. The second-order valence-corrected chi connectivity index (χ2v) is 12.3. The highest BCUT2D eigenvalue weighted by Crippen LogP contribution is 2.42. The third kappa shape index (κ3) is 5.82. The minimum Gasteiger partial charge on any atom is -0.375 e. The predicted molar refractivity (Wildman–Crippen MR) is 167 cm³/mol. The molecule has 1 aromatic carbocycles. The number of fused-ring (bicyclic) bond motifs is 1. The molecule has 0 saturated carbocycles. The summed E-state index contributed by atoms with van der Waals surface area (Å²) in [6.45, 7) is 8.78. The predicted octanol–water partition coefficient (Wildman–Crippen LogP) is 4.99. The molecule has 3 aromatic heterocycles. The lowest BCUT2D eigenvalue weighted by Gasteiger charge is -2.46. The first kappa shape index (κ1) is 30.8. The number of aromatic nitrogens is 5. The number of nitrogens with one attached hydrogen (secondary N) is 1. The van der Waals surface area contributed by atoms with Gasteiger partial charge in [0, 0.05) is 30.7 Å². The summed E-state index contributed by atoms with van der Waals surface area (Å²) < 4.78 is 43.3. The Balaban J connectivity index is 1.26. The molecule has 6 rings (SSSR count). The van der Waals surface area contributed by atoms with E-state index in [1.807, 2.05) is 12.1 Å². The van der Waals surface area contributed by atoms with Crippen LogP contribution in [0.15, 0.2) is 66.1 Å². The summed E-state index contributed by atoms with van der Waals surface area (Å²) in [6, 6.07) is 11.9. The summed E-state index contributed by atoms with van der Waals surface area (Å²) in [5.41, 5.74) is -1.78. The minimum atomic E-state index is -4.96. The molecule has 45 heavy (non-hydrogen) atoms. The van der Waals surface area contributed by atoms with Crippen LogP contribution in [0.4, 0.5) is 30.5 Å². The monoisotopic (exact) mass is 622 g/mol. The van der Waals surface area contributed by atoms with Crippen molar-refractivity contribution < 1.29 is 18.3 Å². The number of benzene rings is 1. The van der Waals surface area contributed by atoms with Crippen molar-refractivity contribution in [2.24, 2.45) is 5.41 Å². The van der Waals surface area contributed by atoms with Crippen LogP contribution >= 0.6 is 0 Å². The van der Waals surface area contributed by atoms with E-state index < -0.39 is 23.0 Å². The van der Waals surface area contributed by atoms with Crippen LogP contribution in [-0.4, -0.2) is 73.7 Å². The highest BCUT2D eigenvalue weighted by molar-refractivity contribution is 5.77. The topological polar surface area (TPSA) is 104 Å². The Morgan fingerprint density at radius 2 is 1.69 bits per heavy atom. The number of alkyl halides is 3. The molecule has 2 aliphatic rings. The average molecular weight is 623 g/mol. The molecule has 1 atom stereocenters. The molecule has 10 nitrogen and oxygen atoms in total. The summed E-state index contributed by atoms with van der Waals surface area (Å²) >= 11 is 0. The van der Waals surface area contributed by atoms with E-state index >= 15 is 0 Å². The summed E-state index contributed by atoms with van der Waals surface area (Å²) in [5, 5.41) is 13.6. The number of hydrogen-bond donors (Lipinski definition) is 2. The molecule has 238 valence electrons. The van der Waals surface area contributed by atoms with Crippen LogP contribution in [0.5, 0.6) is 0 Å². The zero-order chi connectivity index (χ0) is 32.0. The molecule has 2 N–H and O–H groups in total. The van der Waals surface area contributed by atoms with E-state index in [4.69, 9.17) is 0 Å². The number of allylic oxidation sites excluding steroid dienone is 1. The van der Waals surface area contributed by atoms with Crippen LogP contribution < -0.4 is 15.8 Å². The fourth-order valence-corrected chi connectivity index (χ4v) is 6.28. The van der Waals surface area contributed by atoms with Crippen molar-refractivity contribution in [3.63, 3.8) is 0 Å². The van der Waals surface area contributed by atoms with E-state index in [0.717, 1.165) is 30.5 Å². The van der Waals surface area contributed by atoms with E-state index in [9.17, 15) is 23.1 Å². The maximum Gasteiger partial charge on any atom is 0.422 e. The Morgan fingerprint density at radius 1 is 1.02 bits per heavy atom. The summed E-state index contributed by atoms with van der Waals surface area (Å²) in [6.07, 6.45) is 2.84.